The molecule has 90 valence electrons. The molecule has 2 rings (SSSR count). The van der Waals surface area contributed by atoms with E-state index in [1.165, 1.54) is 32.5 Å². The lowest BCUT2D eigenvalue weighted by Gasteiger charge is -2.31. The summed E-state index contributed by atoms with van der Waals surface area (Å²) < 4.78 is 4.79. The number of rotatable bonds is 5. The SMILES string of the molecule is CCN1CCC(CNCc2cnoc2)CC1. The van der Waals surface area contributed by atoms with Gasteiger partial charge in [0, 0.05) is 12.1 Å². The molecule has 4 nitrogen and oxygen atoms in total. The van der Waals surface area contributed by atoms with Gasteiger partial charge in [-0.05, 0) is 44.9 Å². The van der Waals surface area contributed by atoms with Gasteiger partial charge >= 0.3 is 0 Å². The summed E-state index contributed by atoms with van der Waals surface area (Å²) in [5.41, 5.74) is 1.13. The summed E-state index contributed by atoms with van der Waals surface area (Å²) >= 11 is 0. The van der Waals surface area contributed by atoms with Gasteiger partial charge in [0.25, 0.3) is 0 Å². The topological polar surface area (TPSA) is 41.3 Å². The molecule has 16 heavy (non-hydrogen) atoms. The minimum atomic E-state index is 0.836. The van der Waals surface area contributed by atoms with Gasteiger partial charge in [-0.2, -0.15) is 0 Å². The molecule has 0 bridgehead atoms. The van der Waals surface area contributed by atoms with Crippen LogP contribution in [0.2, 0.25) is 0 Å². The first-order valence-corrected chi connectivity index (χ1v) is 6.20. The molecule has 0 radical (unpaired) electrons. The Hall–Kier alpha value is -0.870. The molecular weight excluding hydrogens is 202 g/mol. The van der Waals surface area contributed by atoms with Crippen LogP contribution >= 0.6 is 0 Å². The quantitative estimate of drug-likeness (QED) is 0.821. The summed E-state index contributed by atoms with van der Waals surface area (Å²) in [6, 6.07) is 0. The van der Waals surface area contributed by atoms with Crippen molar-refractivity contribution in [3.8, 4) is 0 Å². The molecule has 0 aromatic carbocycles. The fraction of sp³-hybridized carbons (Fsp3) is 0.750. The van der Waals surface area contributed by atoms with Gasteiger partial charge in [0.1, 0.15) is 6.26 Å². The van der Waals surface area contributed by atoms with Crippen LogP contribution in [0.15, 0.2) is 17.0 Å². The fourth-order valence-electron chi connectivity index (χ4n) is 2.24. The third-order valence-electron chi connectivity index (χ3n) is 3.40. The van der Waals surface area contributed by atoms with Gasteiger partial charge in [0.05, 0.1) is 6.20 Å². The molecule has 2 heterocycles. The van der Waals surface area contributed by atoms with Crippen LogP contribution in [-0.4, -0.2) is 36.2 Å². The van der Waals surface area contributed by atoms with Crippen LogP contribution in [0.3, 0.4) is 0 Å². The van der Waals surface area contributed by atoms with Crippen molar-refractivity contribution in [2.24, 2.45) is 5.92 Å². The second kappa shape index (κ2) is 6.01. The summed E-state index contributed by atoms with van der Waals surface area (Å²) in [4.78, 5) is 2.52. The molecule has 0 amide bonds. The molecule has 0 saturated carbocycles. The molecule has 1 saturated heterocycles. The maximum Gasteiger partial charge on any atom is 0.128 e. The van der Waals surface area contributed by atoms with E-state index >= 15 is 0 Å². The number of nitrogens with one attached hydrogen (secondary N) is 1. The van der Waals surface area contributed by atoms with Crippen molar-refractivity contribution in [3.05, 3.63) is 18.0 Å². The van der Waals surface area contributed by atoms with Crippen molar-refractivity contribution in [1.29, 1.82) is 0 Å². The summed E-state index contributed by atoms with van der Waals surface area (Å²) in [5, 5.41) is 7.16. The molecule has 1 fully saturated rings. The molecule has 1 aliphatic heterocycles. The lowest BCUT2D eigenvalue weighted by Crippen LogP contribution is -2.36. The highest BCUT2D eigenvalue weighted by atomic mass is 16.5. The lowest BCUT2D eigenvalue weighted by atomic mass is 9.97. The molecule has 0 spiro atoms. The average Bonchev–Trinajstić information content (AvgIpc) is 2.83. The highest BCUT2D eigenvalue weighted by Crippen LogP contribution is 2.15. The van der Waals surface area contributed by atoms with E-state index in [1.807, 2.05) is 0 Å². The zero-order chi connectivity index (χ0) is 11.2. The van der Waals surface area contributed by atoms with E-state index in [0.717, 1.165) is 24.6 Å². The Morgan fingerprint density at radius 3 is 2.94 bits per heavy atom. The van der Waals surface area contributed by atoms with Gasteiger partial charge in [0.15, 0.2) is 0 Å². The Morgan fingerprint density at radius 2 is 2.31 bits per heavy atom. The second-order valence-electron chi connectivity index (χ2n) is 4.54. The number of aromatic nitrogens is 1. The highest BCUT2D eigenvalue weighted by molar-refractivity contribution is 4.99. The van der Waals surface area contributed by atoms with Gasteiger partial charge in [-0.15, -0.1) is 0 Å². The van der Waals surface area contributed by atoms with Crippen LogP contribution in [0.25, 0.3) is 0 Å². The third kappa shape index (κ3) is 3.32. The Kier molecular flexibility index (Phi) is 4.36. The number of hydrogen-bond donors (Lipinski definition) is 1. The molecular formula is C12H21N3O. The van der Waals surface area contributed by atoms with Crippen LogP contribution in [-0.2, 0) is 6.54 Å². The van der Waals surface area contributed by atoms with Crippen molar-refractivity contribution in [1.82, 2.24) is 15.4 Å². The number of hydrogen-bond acceptors (Lipinski definition) is 4. The third-order valence-corrected chi connectivity index (χ3v) is 3.40. The first-order valence-electron chi connectivity index (χ1n) is 6.20. The van der Waals surface area contributed by atoms with Crippen molar-refractivity contribution < 1.29 is 4.52 Å². The summed E-state index contributed by atoms with van der Waals surface area (Å²) in [6.07, 6.45) is 6.12. The van der Waals surface area contributed by atoms with Gasteiger partial charge in [-0.25, -0.2) is 0 Å². The zero-order valence-corrected chi connectivity index (χ0v) is 9.98. The van der Waals surface area contributed by atoms with Gasteiger partial charge in [0.2, 0.25) is 0 Å². The lowest BCUT2D eigenvalue weighted by molar-refractivity contribution is 0.190. The van der Waals surface area contributed by atoms with E-state index < -0.39 is 0 Å². The first kappa shape index (κ1) is 11.6. The van der Waals surface area contributed by atoms with Crippen molar-refractivity contribution in [2.45, 2.75) is 26.3 Å². The molecule has 0 atom stereocenters. The zero-order valence-electron chi connectivity index (χ0n) is 9.98. The largest absolute Gasteiger partial charge is 0.364 e. The molecule has 1 aliphatic rings. The van der Waals surface area contributed by atoms with E-state index in [9.17, 15) is 0 Å². The predicted octanol–water partition coefficient (Wildman–Crippen LogP) is 1.50. The normalized spacial score (nSPS) is 19.1. The van der Waals surface area contributed by atoms with Crippen molar-refractivity contribution >= 4 is 0 Å². The van der Waals surface area contributed by atoms with E-state index in [-0.39, 0.29) is 0 Å². The summed E-state index contributed by atoms with van der Waals surface area (Å²) in [5.74, 6) is 0.836. The Bertz CT molecular complexity index is 278. The molecule has 0 aliphatic carbocycles. The number of nitrogens with zero attached hydrogens (tertiary/aromatic N) is 2. The van der Waals surface area contributed by atoms with Gasteiger partial charge in [-0.3, -0.25) is 0 Å². The van der Waals surface area contributed by atoms with Crippen molar-refractivity contribution in [3.63, 3.8) is 0 Å². The fourth-order valence-corrected chi connectivity index (χ4v) is 2.24. The molecule has 0 unspecified atom stereocenters. The minimum absolute atomic E-state index is 0.836. The van der Waals surface area contributed by atoms with E-state index in [2.05, 4.69) is 22.3 Å². The van der Waals surface area contributed by atoms with E-state index in [1.54, 1.807) is 12.5 Å². The smallest absolute Gasteiger partial charge is 0.128 e. The highest BCUT2D eigenvalue weighted by Gasteiger charge is 2.17. The van der Waals surface area contributed by atoms with Crippen LogP contribution in [0, 0.1) is 5.92 Å². The van der Waals surface area contributed by atoms with Gasteiger partial charge < -0.3 is 14.7 Å². The summed E-state index contributed by atoms with van der Waals surface area (Å²) in [6.45, 7) is 7.94. The maximum atomic E-state index is 4.79. The van der Waals surface area contributed by atoms with Crippen molar-refractivity contribution in [2.75, 3.05) is 26.2 Å². The predicted molar refractivity (Wildman–Crippen MR) is 63.0 cm³/mol. The monoisotopic (exact) mass is 223 g/mol. The molecule has 1 aromatic heterocycles. The van der Waals surface area contributed by atoms with Gasteiger partial charge in [-0.1, -0.05) is 12.1 Å². The van der Waals surface area contributed by atoms with Crippen LogP contribution in [0.4, 0.5) is 0 Å². The average molecular weight is 223 g/mol. The Morgan fingerprint density at radius 1 is 1.50 bits per heavy atom. The Balaban J connectivity index is 1.60. The molecule has 4 heteroatoms. The number of likely N-dealkylation sites (tertiary alicyclic amines) is 1. The standard InChI is InChI=1S/C12H21N3O/c1-2-15-5-3-11(4-6-15)7-13-8-12-9-14-16-10-12/h9-11,13H,2-8H2,1H3. The second-order valence-corrected chi connectivity index (χ2v) is 4.54. The first-order chi connectivity index (χ1) is 7.88. The molecule has 1 N–H and O–H groups in total. The number of piperidine rings is 1. The van der Waals surface area contributed by atoms with Crippen LogP contribution in [0.5, 0.6) is 0 Å². The van der Waals surface area contributed by atoms with E-state index in [4.69, 9.17) is 4.52 Å². The Labute approximate surface area is 97.0 Å². The van der Waals surface area contributed by atoms with E-state index in [0.29, 0.717) is 0 Å². The minimum Gasteiger partial charge on any atom is -0.364 e. The van der Waals surface area contributed by atoms with Crippen LogP contribution < -0.4 is 5.32 Å². The molecule has 1 aromatic rings. The maximum absolute atomic E-state index is 4.79. The van der Waals surface area contributed by atoms with Crippen LogP contribution in [0.1, 0.15) is 25.3 Å². The summed E-state index contributed by atoms with van der Waals surface area (Å²) in [7, 11) is 0.